The topological polar surface area (TPSA) is 17.1 Å². The van der Waals surface area contributed by atoms with Crippen LogP contribution in [0.4, 0.5) is 4.39 Å². The molecule has 0 aliphatic heterocycles. The van der Waals surface area contributed by atoms with Crippen molar-refractivity contribution in [1.82, 2.24) is 0 Å². The van der Waals surface area contributed by atoms with E-state index in [1.54, 1.807) is 0 Å². The van der Waals surface area contributed by atoms with Crippen molar-refractivity contribution in [2.75, 3.05) is 0 Å². The van der Waals surface area contributed by atoms with Gasteiger partial charge in [0.05, 0.1) is 0 Å². The van der Waals surface area contributed by atoms with E-state index in [1.165, 1.54) is 0 Å². The molecular formula is C3H4FO. The van der Waals surface area contributed by atoms with Crippen LogP contribution in [0.5, 0.6) is 0 Å². The Labute approximate surface area is 29.8 Å². The van der Waals surface area contributed by atoms with Crippen molar-refractivity contribution in [2.24, 2.45) is 0 Å². The molecule has 0 unspecified atom stereocenters. The molecule has 0 amide bonds. The zero-order chi connectivity index (χ0) is 4.28. The predicted octanol–water partition coefficient (Wildman–Crippen LogP) is 0.707. The second-order valence-corrected chi connectivity index (χ2v) is 0.605. The Balaban J connectivity index is 2.85. The molecule has 5 heavy (non-hydrogen) atoms. The second-order valence-electron chi connectivity index (χ2n) is 0.605. The quantitative estimate of drug-likeness (QED) is 0.419. The Bertz CT molecular complexity index is 42.2. The number of hydrogen-bond acceptors (Lipinski definition) is 1. The third-order valence-corrected chi connectivity index (χ3v) is 0.197. The van der Waals surface area contributed by atoms with E-state index in [9.17, 15) is 4.39 Å². The van der Waals surface area contributed by atoms with E-state index in [1.807, 2.05) is 0 Å². The molecule has 29 valence electrons. The number of hydrogen-bond donors (Lipinski definition) is 0. The van der Waals surface area contributed by atoms with Crippen molar-refractivity contribution in [3.63, 3.8) is 0 Å². The molecule has 0 aromatic carbocycles. The summed E-state index contributed by atoms with van der Waals surface area (Å²) in [4.78, 5) is 9.08. The van der Waals surface area contributed by atoms with Gasteiger partial charge in [-0.3, -0.25) is 4.79 Å². The lowest BCUT2D eigenvalue weighted by molar-refractivity contribution is -0.128. The van der Waals surface area contributed by atoms with E-state index >= 15 is 0 Å². The largest absolute Gasteiger partial charge is 0.301 e. The van der Waals surface area contributed by atoms with Gasteiger partial charge in [-0.25, -0.2) is 0 Å². The van der Waals surface area contributed by atoms with Crippen LogP contribution in [-0.4, -0.2) is 6.04 Å². The van der Waals surface area contributed by atoms with Gasteiger partial charge in [-0.2, -0.15) is 4.39 Å². The normalized spacial score (nSPS) is 7.60. The number of rotatable bonds is 1. The van der Waals surface area contributed by atoms with Gasteiger partial charge in [0, 0.05) is 6.42 Å². The average molecular weight is 75.1 g/mol. The first-order valence-corrected chi connectivity index (χ1v) is 1.25. The highest BCUT2D eigenvalue weighted by Crippen LogP contribution is 1.75. The predicted molar refractivity (Wildman–Crippen MR) is 16.1 cm³/mol. The van der Waals surface area contributed by atoms with Crippen LogP contribution in [0.1, 0.15) is 6.42 Å². The Hall–Kier alpha value is -0.400. The van der Waals surface area contributed by atoms with Crippen LogP contribution in [0.25, 0.3) is 0 Å². The second kappa shape index (κ2) is 1.88. The van der Waals surface area contributed by atoms with E-state index in [2.05, 4.69) is 6.92 Å². The first-order chi connectivity index (χ1) is 2.27. The van der Waals surface area contributed by atoms with Gasteiger partial charge in [-0.1, -0.05) is 0 Å². The van der Waals surface area contributed by atoms with Gasteiger partial charge in [0.15, 0.2) is 0 Å². The minimum absolute atomic E-state index is 0.250. The summed E-state index contributed by atoms with van der Waals surface area (Å²) in [6.07, 6.45) is -0.250. The molecule has 0 aromatic rings. The molecule has 0 aromatic heterocycles. The Morgan fingerprint density at radius 2 is 2.20 bits per heavy atom. The minimum atomic E-state index is -1.36. The van der Waals surface area contributed by atoms with Crippen LogP contribution in [0, 0.1) is 6.92 Å². The average Bonchev–Trinajstić information content (AvgIpc) is 1.38. The molecule has 0 heterocycles. The molecule has 0 saturated carbocycles. The van der Waals surface area contributed by atoms with Gasteiger partial charge >= 0.3 is 6.04 Å². The van der Waals surface area contributed by atoms with Crippen molar-refractivity contribution in [1.29, 1.82) is 0 Å². The van der Waals surface area contributed by atoms with E-state index in [4.69, 9.17) is 4.79 Å². The van der Waals surface area contributed by atoms with Gasteiger partial charge in [-0.15, -0.1) is 0 Å². The van der Waals surface area contributed by atoms with Crippen molar-refractivity contribution in [3.8, 4) is 0 Å². The first kappa shape index (κ1) is 4.60. The van der Waals surface area contributed by atoms with Gasteiger partial charge in [0.2, 0.25) is 0 Å². The molecule has 0 aliphatic carbocycles. The SMILES string of the molecule is [CH2]CC(=O)F. The first-order valence-electron chi connectivity index (χ1n) is 1.25. The maximum Gasteiger partial charge on any atom is 0.301 e. The fraction of sp³-hybridized carbons (Fsp3) is 0.333. The monoisotopic (exact) mass is 75.0 g/mol. The van der Waals surface area contributed by atoms with Crippen LogP contribution < -0.4 is 0 Å². The number of carbonyl (C=O) groups is 1. The van der Waals surface area contributed by atoms with Crippen LogP contribution in [0.3, 0.4) is 0 Å². The van der Waals surface area contributed by atoms with Crippen LogP contribution in [0.15, 0.2) is 0 Å². The summed E-state index contributed by atoms with van der Waals surface area (Å²) in [5, 5.41) is 0. The Kier molecular flexibility index (Phi) is 1.73. The van der Waals surface area contributed by atoms with Gasteiger partial charge in [0.1, 0.15) is 0 Å². The molecule has 0 atom stereocenters. The summed E-state index contributed by atoms with van der Waals surface area (Å²) >= 11 is 0. The summed E-state index contributed by atoms with van der Waals surface area (Å²) < 4.78 is 10.7. The van der Waals surface area contributed by atoms with Crippen LogP contribution in [-0.2, 0) is 4.79 Å². The highest BCUT2D eigenvalue weighted by Gasteiger charge is 1.83. The van der Waals surface area contributed by atoms with Crippen molar-refractivity contribution >= 4 is 6.04 Å². The maximum atomic E-state index is 10.7. The lowest BCUT2D eigenvalue weighted by Crippen LogP contribution is -1.77. The molecule has 1 radical (unpaired) electrons. The van der Waals surface area contributed by atoms with Gasteiger partial charge in [-0.05, 0) is 6.92 Å². The molecule has 0 N–H and O–H groups in total. The zero-order valence-corrected chi connectivity index (χ0v) is 2.70. The molecule has 1 nitrogen and oxygen atoms in total. The van der Waals surface area contributed by atoms with Crippen LogP contribution in [0.2, 0.25) is 0 Å². The summed E-state index contributed by atoms with van der Waals surface area (Å²) in [6, 6.07) is -1.36. The van der Waals surface area contributed by atoms with Crippen LogP contribution >= 0.6 is 0 Å². The summed E-state index contributed by atoms with van der Waals surface area (Å²) in [6.45, 7) is 2.96. The molecular weight excluding hydrogens is 71.0 g/mol. The van der Waals surface area contributed by atoms with Crippen molar-refractivity contribution in [3.05, 3.63) is 6.92 Å². The number of carbonyl (C=O) groups excluding carboxylic acids is 1. The van der Waals surface area contributed by atoms with Crippen molar-refractivity contribution < 1.29 is 9.18 Å². The molecule has 0 aliphatic rings. The standard InChI is InChI=1S/C3H4FO/c1-2-3(4)5/h1-2H2. The Morgan fingerprint density at radius 1 is 2.00 bits per heavy atom. The molecule has 0 saturated heterocycles. The van der Waals surface area contributed by atoms with Crippen molar-refractivity contribution in [2.45, 2.75) is 6.42 Å². The fourth-order valence-corrected chi connectivity index (χ4v) is 0. The van der Waals surface area contributed by atoms with Gasteiger partial charge < -0.3 is 0 Å². The highest BCUT2D eigenvalue weighted by atomic mass is 19.1. The fourth-order valence-electron chi connectivity index (χ4n) is 0. The molecule has 2 heteroatoms. The van der Waals surface area contributed by atoms with Gasteiger partial charge in [0.25, 0.3) is 0 Å². The summed E-state index contributed by atoms with van der Waals surface area (Å²) in [7, 11) is 0. The molecule has 0 rings (SSSR count). The van der Waals surface area contributed by atoms with E-state index in [0.29, 0.717) is 0 Å². The lowest BCUT2D eigenvalue weighted by atomic mass is 10.5. The zero-order valence-electron chi connectivity index (χ0n) is 2.70. The van der Waals surface area contributed by atoms with E-state index in [-0.39, 0.29) is 6.42 Å². The highest BCUT2D eigenvalue weighted by molar-refractivity contribution is 5.68. The third-order valence-electron chi connectivity index (χ3n) is 0.197. The number of halogens is 1. The molecule has 0 bridgehead atoms. The molecule has 0 fully saturated rings. The smallest absolute Gasteiger partial charge is 0.261 e. The summed E-state index contributed by atoms with van der Waals surface area (Å²) in [5.74, 6) is 0. The summed E-state index contributed by atoms with van der Waals surface area (Å²) in [5.41, 5.74) is 0. The minimum Gasteiger partial charge on any atom is -0.261 e. The lowest BCUT2D eigenvalue weighted by Gasteiger charge is -1.66. The maximum absolute atomic E-state index is 10.7. The third kappa shape index (κ3) is 3.60. The van der Waals surface area contributed by atoms with E-state index in [0.717, 1.165) is 0 Å². The van der Waals surface area contributed by atoms with E-state index < -0.39 is 6.04 Å². The Morgan fingerprint density at radius 3 is 2.20 bits per heavy atom. The molecule has 0 spiro atoms.